The van der Waals surface area contributed by atoms with Crippen LogP contribution in [0.3, 0.4) is 0 Å². The van der Waals surface area contributed by atoms with Gasteiger partial charge in [-0.1, -0.05) is 13.8 Å². The maximum Gasteiger partial charge on any atom is 0.131 e. The number of rotatable bonds is 4. The van der Waals surface area contributed by atoms with Crippen molar-refractivity contribution in [2.24, 2.45) is 5.92 Å². The molecule has 0 aliphatic carbocycles. The Balaban J connectivity index is 1.96. The predicted molar refractivity (Wildman–Crippen MR) is 72.6 cm³/mol. The minimum atomic E-state index is -0.440. The topological polar surface area (TPSA) is 69.5 Å². The van der Waals surface area contributed by atoms with Gasteiger partial charge in [-0.3, -0.25) is 4.90 Å². The van der Waals surface area contributed by atoms with Crippen LogP contribution in [0.1, 0.15) is 37.7 Å². The maximum atomic E-state index is 9.93. The fourth-order valence-corrected chi connectivity index (χ4v) is 2.41. The first-order chi connectivity index (χ1) is 9.10. The van der Waals surface area contributed by atoms with Crippen molar-refractivity contribution in [3.05, 3.63) is 23.8 Å². The normalized spacial score (nSPS) is 24.9. The number of hydrogen-bond acceptors (Lipinski definition) is 5. The molecular formula is C14H23N3O2. The molecule has 1 fully saturated rings. The van der Waals surface area contributed by atoms with Crippen molar-refractivity contribution in [3.8, 4) is 0 Å². The van der Waals surface area contributed by atoms with Crippen molar-refractivity contribution in [1.29, 1.82) is 0 Å². The molecule has 5 heteroatoms. The van der Waals surface area contributed by atoms with Gasteiger partial charge >= 0.3 is 0 Å². The lowest BCUT2D eigenvalue weighted by Gasteiger charge is -2.34. The average Bonchev–Trinajstić information content (AvgIpc) is 2.39. The molecule has 0 unspecified atom stereocenters. The van der Waals surface area contributed by atoms with E-state index < -0.39 is 6.10 Å². The standard InChI is InChI=1S/C14H23N3O2/c1-10(2)14-15-5-3-12(16-14)7-17-6-4-11(9-18)13(19)8-17/h3,5,10-11,13,18-19H,4,6-9H2,1-2H3/t11-,13-/m1/s1. The molecule has 0 aromatic carbocycles. The van der Waals surface area contributed by atoms with Gasteiger partial charge in [0.05, 0.1) is 11.8 Å². The molecule has 106 valence electrons. The highest BCUT2D eigenvalue weighted by Crippen LogP contribution is 2.19. The molecule has 2 rings (SSSR count). The second-order valence-electron chi connectivity index (χ2n) is 5.59. The third-order valence-electron chi connectivity index (χ3n) is 3.67. The smallest absolute Gasteiger partial charge is 0.131 e. The number of piperidine rings is 1. The minimum absolute atomic E-state index is 0.0212. The van der Waals surface area contributed by atoms with Crippen LogP contribution in [0.15, 0.2) is 12.3 Å². The highest BCUT2D eigenvalue weighted by molar-refractivity contribution is 5.05. The summed E-state index contributed by atoms with van der Waals surface area (Å²) in [5.41, 5.74) is 0.994. The Morgan fingerprint density at radius 3 is 2.89 bits per heavy atom. The zero-order valence-corrected chi connectivity index (χ0v) is 11.7. The molecule has 0 bridgehead atoms. The molecule has 0 amide bonds. The quantitative estimate of drug-likeness (QED) is 0.842. The first-order valence-corrected chi connectivity index (χ1v) is 6.93. The van der Waals surface area contributed by atoms with Gasteiger partial charge in [-0.25, -0.2) is 9.97 Å². The van der Waals surface area contributed by atoms with Crippen LogP contribution in [0.5, 0.6) is 0 Å². The number of aliphatic hydroxyl groups is 2. The molecule has 19 heavy (non-hydrogen) atoms. The van der Waals surface area contributed by atoms with E-state index in [1.807, 2.05) is 6.07 Å². The molecule has 1 aromatic heterocycles. The number of nitrogens with zero attached hydrogens (tertiary/aromatic N) is 3. The Bertz CT molecular complexity index is 411. The highest BCUT2D eigenvalue weighted by atomic mass is 16.3. The van der Waals surface area contributed by atoms with Crippen molar-refractivity contribution in [2.75, 3.05) is 19.7 Å². The van der Waals surface area contributed by atoms with Gasteiger partial charge < -0.3 is 10.2 Å². The fraction of sp³-hybridized carbons (Fsp3) is 0.714. The molecule has 1 aliphatic rings. The van der Waals surface area contributed by atoms with E-state index in [0.717, 1.165) is 31.0 Å². The molecule has 2 atom stereocenters. The van der Waals surface area contributed by atoms with Gasteiger partial charge in [-0.15, -0.1) is 0 Å². The lowest BCUT2D eigenvalue weighted by Crippen LogP contribution is -2.44. The molecule has 0 spiro atoms. The molecule has 1 saturated heterocycles. The molecule has 0 radical (unpaired) electrons. The van der Waals surface area contributed by atoms with Crippen molar-refractivity contribution < 1.29 is 10.2 Å². The first-order valence-electron chi connectivity index (χ1n) is 6.93. The SMILES string of the molecule is CC(C)c1nccc(CN2CC[C@H](CO)[C@H](O)C2)n1. The number of aliphatic hydroxyl groups excluding tert-OH is 2. The zero-order valence-electron chi connectivity index (χ0n) is 11.7. The Kier molecular flexibility index (Phi) is 4.85. The van der Waals surface area contributed by atoms with Crippen molar-refractivity contribution in [2.45, 2.75) is 38.8 Å². The van der Waals surface area contributed by atoms with Gasteiger partial charge in [-0.05, 0) is 19.0 Å². The zero-order chi connectivity index (χ0) is 13.8. The summed E-state index contributed by atoms with van der Waals surface area (Å²) in [6.07, 6.45) is 2.19. The van der Waals surface area contributed by atoms with Gasteiger partial charge in [0.15, 0.2) is 0 Å². The Labute approximate surface area is 114 Å². The predicted octanol–water partition coefficient (Wildman–Crippen LogP) is 0.775. The average molecular weight is 265 g/mol. The fourth-order valence-electron chi connectivity index (χ4n) is 2.41. The van der Waals surface area contributed by atoms with Gasteiger partial charge in [0, 0.05) is 37.7 Å². The van der Waals surface area contributed by atoms with Crippen LogP contribution in [0.2, 0.25) is 0 Å². The van der Waals surface area contributed by atoms with E-state index in [1.165, 1.54) is 0 Å². The van der Waals surface area contributed by atoms with Gasteiger partial charge in [0.1, 0.15) is 5.82 Å². The lowest BCUT2D eigenvalue weighted by molar-refractivity contribution is -0.00481. The third kappa shape index (κ3) is 3.72. The number of β-amino-alcohol motifs (C(OH)–C–C–N with tert-alkyl or cyclic N) is 1. The molecule has 5 nitrogen and oxygen atoms in total. The van der Waals surface area contributed by atoms with Gasteiger partial charge in [0.2, 0.25) is 0 Å². The minimum Gasteiger partial charge on any atom is -0.396 e. The largest absolute Gasteiger partial charge is 0.396 e. The van der Waals surface area contributed by atoms with Crippen LogP contribution in [0.4, 0.5) is 0 Å². The maximum absolute atomic E-state index is 9.93. The summed E-state index contributed by atoms with van der Waals surface area (Å²) in [7, 11) is 0. The molecular weight excluding hydrogens is 242 g/mol. The molecule has 2 N–H and O–H groups in total. The monoisotopic (exact) mass is 265 g/mol. The van der Waals surface area contributed by atoms with Crippen LogP contribution in [-0.4, -0.2) is 50.9 Å². The summed E-state index contributed by atoms with van der Waals surface area (Å²) in [5.74, 6) is 1.21. The van der Waals surface area contributed by atoms with Gasteiger partial charge in [-0.2, -0.15) is 0 Å². The number of hydrogen-bond donors (Lipinski definition) is 2. The van der Waals surface area contributed by atoms with Crippen molar-refractivity contribution >= 4 is 0 Å². The Hall–Kier alpha value is -1.04. The summed E-state index contributed by atoms with van der Waals surface area (Å²) in [4.78, 5) is 11.0. The number of aromatic nitrogens is 2. The summed E-state index contributed by atoms with van der Waals surface area (Å²) < 4.78 is 0. The number of likely N-dealkylation sites (tertiary alicyclic amines) is 1. The van der Waals surface area contributed by atoms with Crippen LogP contribution >= 0.6 is 0 Å². The lowest BCUT2D eigenvalue weighted by atomic mass is 9.95. The van der Waals surface area contributed by atoms with Crippen LogP contribution < -0.4 is 0 Å². The van der Waals surface area contributed by atoms with Crippen LogP contribution in [0, 0.1) is 5.92 Å². The highest BCUT2D eigenvalue weighted by Gasteiger charge is 2.27. The van der Waals surface area contributed by atoms with E-state index in [9.17, 15) is 5.11 Å². The summed E-state index contributed by atoms with van der Waals surface area (Å²) in [6, 6.07) is 1.93. The van der Waals surface area contributed by atoms with Crippen LogP contribution in [-0.2, 0) is 6.54 Å². The van der Waals surface area contributed by atoms with E-state index in [-0.39, 0.29) is 12.5 Å². The van der Waals surface area contributed by atoms with E-state index >= 15 is 0 Å². The second kappa shape index (κ2) is 6.41. The van der Waals surface area contributed by atoms with E-state index in [4.69, 9.17) is 5.11 Å². The van der Waals surface area contributed by atoms with Crippen molar-refractivity contribution in [3.63, 3.8) is 0 Å². The third-order valence-corrected chi connectivity index (χ3v) is 3.67. The summed E-state index contributed by atoms with van der Waals surface area (Å²) in [5, 5.41) is 19.1. The molecule has 2 heterocycles. The summed E-state index contributed by atoms with van der Waals surface area (Å²) in [6.45, 7) is 6.46. The Morgan fingerprint density at radius 1 is 1.47 bits per heavy atom. The Morgan fingerprint density at radius 2 is 2.26 bits per heavy atom. The van der Waals surface area contributed by atoms with E-state index in [1.54, 1.807) is 6.20 Å². The molecule has 1 aliphatic heterocycles. The van der Waals surface area contributed by atoms with Gasteiger partial charge in [0.25, 0.3) is 0 Å². The first kappa shape index (κ1) is 14.4. The van der Waals surface area contributed by atoms with Crippen molar-refractivity contribution in [1.82, 2.24) is 14.9 Å². The van der Waals surface area contributed by atoms with E-state index in [2.05, 4.69) is 28.7 Å². The van der Waals surface area contributed by atoms with E-state index in [0.29, 0.717) is 12.5 Å². The van der Waals surface area contributed by atoms with Crippen LogP contribution in [0.25, 0.3) is 0 Å². The second-order valence-corrected chi connectivity index (χ2v) is 5.59. The molecule has 0 saturated carbocycles. The molecule has 1 aromatic rings. The summed E-state index contributed by atoms with van der Waals surface area (Å²) >= 11 is 0.